The van der Waals surface area contributed by atoms with Crippen molar-refractivity contribution >= 4 is 23.5 Å². The van der Waals surface area contributed by atoms with E-state index in [0.717, 1.165) is 15.9 Å². The Labute approximate surface area is 87.9 Å². The molecule has 0 atom stereocenters. The number of nitrogens with zero attached hydrogens (tertiary/aromatic N) is 2. The minimum atomic E-state index is 0.472. The van der Waals surface area contributed by atoms with E-state index in [1.165, 1.54) is 0 Å². The molecule has 0 aliphatic carbocycles. The highest BCUT2D eigenvalue weighted by Crippen LogP contribution is 2.21. The molecule has 2 nitrogen and oxygen atoms in total. The van der Waals surface area contributed by atoms with Crippen molar-refractivity contribution in [3.8, 4) is 0 Å². The fourth-order valence-corrected chi connectivity index (χ4v) is 1.77. The maximum Gasteiger partial charge on any atom is 0.188 e. The van der Waals surface area contributed by atoms with Gasteiger partial charge in [-0.05, 0) is 24.5 Å². The first kappa shape index (κ1) is 10.9. The van der Waals surface area contributed by atoms with Crippen LogP contribution < -0.4 is 0 Å². The predicted octanol–water partition coefficient (Wildman–Crippen LogP) is 3.04. The van der Waals surface area contributed by atoms with E-state index in [1.807, 2.05) is 12.5 Å². The van der Waals surface area contributed by atoms with E-state index in [4.69, 9.17) is 0 Å². The first-order valence-corrected chi connectivity index (χ1v) is 6.59. The van der Waals surface area contributed by atoms with Crippen molar-refractivity contribution in [1.29, 1.82) is 0 Å². The van der Waals surface area contributed by atoms with Crippen LogP contribution in [0.2, 0.25) is 0 Å². The Kier molecular flexibility index (Phi) is 4.06. The molecule has 4 heteroatoms. The van der Waals surface area contributed by atoms with Gasteiger partial charge in [-0.1, -0.05) is 25.6 Å². The summed E-state index contributed by atoms with van der Waals surface area (Å²) in [4.78, 5) is 8.81. The summed E-state index contributed by atoms with van der Waals surface area (Å²) in [5.41, 5.74) is 1.13. The Morgan fingerprint density at radius 1 is 1.15 bits per heavy atom. The zero-order chi connectivity index (χ0) is 9.84. The SMILES string of the molecule is CSc1cc(C(C)C)nc(SC)n1. The van der Waals surface area contributed by atoms with Gasteiger partial charge in [-0.2, -0.15) is 0 Å². The molecule has 0 radical (unpaired) electrons. The molecule has 72 valence electrons. The second-order valence-corrected chi connectivity index (χ2v) is 4.58. The van der Waals surface area contributed by atoms with Crippen LogP contribution in [0, 0.1) is 0 Å². The zero-order valence-electron chi connectivity index (χ0n) is 8.37. The van der Waals surface area contributed by atoms with Crippen LogP contribution in [0.1, 0.15) is 25.5 Å². The van der Waals surface area contributed by atoms with Crippen molar-refractivity contribution < 1.29 is 0 Å². The topological polar surface area (TPSA) is 25.8 Å². The van der Waals surface area contributed by atoms with Crippen molar-refractivity contribution in [2.75, 3.05) is 12.5 Å². The fourth-order valence-electron chi connectivity index (χ4n) is 0.912. The van der Waals surface area contributed by atoms with E-state index in [-0.39, 0.29) is 0 Å². The van der Waals surface area contributed by atoms with Crippen LogP contribution in [-0.2, 0) is 0 Å². The molecule has 1 aromatic heterocycles. The highest BCUT2D eigenvalue weighted by Gasteiger charge is 2.06. The summed E-state index contributed by atoms with van der Waals surface area (Å²) < 4.78 is 0. The van der Waals surface area contributed by atoms with E-state index < -0.39 is 0 Å². The Hall–Kier alpha value is -0.220. The van der Waals surface area contributed by atoms with Gasteiger partial charge in [0.1, 0.15) is 5.03 Å². The Morgan fingerprint density at radius 3 is 2.31 bits per heavy atom. The minimum absolute atomic E-state index is 0.472. The van der Waals surface area contributed by atoms with Crippen LogP contribution in [0.3, 0.4) is 0 Å². The number of thioether (sulfide) groups is 2. The fraction of sp³-hybridized carbons (Fsp3) is 0.556. The van der Waals surface area contributed by atoms with Crippen molar-refractivity contribution in [2.45, 2.75) is 29.9 Å². The number of aromatic nitrogens is 2. The standard InChI is InChI=1S/C9H14N2S2/c1-6(2)7-5-8(12-3)11-9(10-7)13-4/h5-6H,1-4H3. The molecule has 0 fully saturated rings. The van der Waals surface area contributed by atoms with Gasteiger partial charge >= 0.3 is 0 Å². The molecule has 0 aliphatic rings. The lowest BCUT2D eigenvalue weighted by molar-refractivity contribution is 0.755. The molecule has 1 heterocycles. The molecular weight excluding hydrogens is 200 g/mol. The Morgan fingerprint density at radius 2 is 1.85 bits per heavy atom. The van der Waals surface area contributed by atoms with Gasteiger partial charge in [0, 0.05) is 5.69 Å². The maximum atomic E-state index is 4.44. The number of rotatable bonds is 3. The van der Waals surface area contributed by atoms with Crippen LogP contribution >= 0.6 is 23.5 Å². The zero-order valence-corrected chi connectivity index (χ0v) is 10.00. The molecule has 0 spiro atoms. The molecule has 0 aliphatic heterocycles. The van der Waals surface area contributed by atoms with Crippen molar-refractivity contribution in [3.05, 3.63) is 11.8 Å². The number of hydrogen-bond acceptors (Lipinski definition) is 4. The second kappa shape index (κ2) is 4.86. The normalized spacial score (nSPS) is 10.8. The van der Waals surface area contributed by atoms with E-state index >= 15 is 0 Å². The lowest BCUT2D eigenvalue weighted by atomic mass is 10.1. The molecular formula is C9H14N2S2. The van der Waals surface area contributed by atoms with Crippen molar-refractivity contribution in [3.63, 3.8) is 0 Å². The van der Waals surface area contributed by atoms with Gasteiger partial charge in [-0.25, -0.2) is 9.97 Å². The highest BCUT2D eigenvalue weighted by molar-refractivity contribution is 7.99. The second-order valence-electron chi connectivity index (χ2n) is 2.98. The quantitative estimate of drug-likeness (QED) is 0.439. The van der Waals surface area contributed by atoms with Gasteiger partial charge in [0.2, 0.25) is 0 Å². The summed E-state index contributed by atoms with van der Waals surface area (Å²) in [6.45, 7) is 4.30. The van der Waals surface area contributed by atoms with E-state index in [0.29, 0.717) is 5.92 Å². The van der Waals surface area contributed by atoms with E-state index in [2.05, 4.69) is 29.9 Å². The average molecular weight is 214 g/mol. The molecule has 1 rings (SSSR count). The molecule has 0 saturated heterocycles. The lowest BCUT2D eigenvalue weighted by Gasteiger charge is -2.07. The summed E-state index contributed by atoms with van der Waals surface area (Å²) in [6, 6.07) is 2.06. The van der Waals surface area contributed by atoms with Gasteiger partial charge in [0.25, 0.3) is 0 Å². The summed E-state index contributed by atoms with van der Waals surface area (Å²) in [5.74, 6) is 0.472. The van der Waals surface area contributed by atoms with E-state index in [1.54, 1.807) is 23.5 Å². The van der Waals surface area contributed by atoms with Gasteiger partial charge in [-0.15, -0.1) is 11.8 Å². The largest absolute Gasteiger partial charge is 0.227 e. The molecule has 0 amide bonds. The summed E-state index contributed by atoms with van der Waals surface area (Å²) in [7, 11) is 0. The van der Waals surface area contributed by atoms with Crippen LogP contribution in [-0.4, -0.2) is 22.5 Å². The molecule has 1 aromatic rings. The third-order valence-electron chi connectivity index (χ3n) is 1.69. The van der Waals surface area contributed by atoms with Gasteiger partial charge in [0.05, 0.1) is 0 Å². The maximum absolute atomic E-state index is 4.44. The van der Waals surface area contributed by atoms with Crippen molar-refractivity contribution in [1.82, 2.24) is 9.97 Å². The average Bonchev–Trinajstić information content (AvgIpc) is 2.16. The van der Waals surface area contributed by atoms with Crippen LogP contribution in [0.5, 0.6) is 0 Å². The first-order valence-electron chi connectivity index (χ1n) is 4.14. The van der Waals surface area contributed by atoms with Gasteiger partial charge in [0.15, 0.2) is 5.16 Å². The van der Waals surface area contributed by atoms with Crippen LogP contribution in [0.4, 0.5) is 0 Å². The Bertz CT molecular complexity index is 265. The molecule has 0 N–H and O–H groups in total. The molecule has 0 unspecified atom stereocenters. The molecule has 13 heavy (non-hydrogen) atoms. The van der Waals surface area contributed by atoms with Gasteiger partial charge in [-0.3, -0.25) is 0 Å². The lowest BCUT2D eigenvalue weighted by Crippen LogP contribution is -1.97. The van der Waals surface area contributed by atoms with Crippen LogP contribution in [0.15, 0.2) is 16.2 Å². The monoisotopic (exact) mass is 214 g/mol. The Balaban J connectivity index is 3.07. The molecule has 0 saturated carbocycles. The third kappa shape index (κ3) is 2.88. The van der Waals surface area contributed by atoms with E-state index in [9.17, 15) is 0 Å². The summed E-state index contributed by atoms with van der Waals surface area (Å²) in [5, 5.41) is 1.93. The summed E-state index contributed by atoms with van der Waals surface area (Å²) >= 11 is 3.26. The number of hydrogen-bond donors (Lipinski definition) is 0. The van der Waals surface area contributed by atoms with Crippen molar-refractivity contribution in [2.24, 2.45) is 0 Å². The predicted molar refractivity (Wildman–Crippen MR) is 59.7 cm³/mol. The highest BCUT2D eigenvalue weighted by atomic mass is 32.2. The smallest absolute Gasteiger partial charge is 0.188 e. The summed E-state index contributed by atoms with van der Waals surface area (Å²) in [6.07, 6.45) is 4.04. The minimum Gasteiger partial charge on any atom is -0.227 e. The van der Waals surface area contributed by atoms with Crippen LogP contribution in [0.25, 0.3) is 0 Å². The van der Waals surface area contributed by atoms with Gasteiger partial charge < -0.3 is 0 Å². The third-order valence-corrected chi connectivity index (χ3v) is 2.86. The molecule has 0 aromatic carbocycles. The first-order chi connectivity index (χ1) is 6.17. The molecule has 0 bridgehead atoms.